The quantitative estimate of drug-likeness (QED) is 0.0644. The molecule has 2 heterocycles. The summed E-state index contributed by atoms with van der Waals surface area (Å²) in [6.45, 7) is 16.4. The second-order valence-corrected chi connectivity index (χ2v) is 23.2. The number of aryl methyl sites for hydroxylation is 2. The van der Waals surface area contributed by atoms with Gasteiger partial charge >= 0.3 is 11.9 Å². The van der Waals surface area contributed by atoms with Crippen LogP contribution in [0.4, 0.5) is 0 Å². The summed E-state index contributed by atoms with van der Waals surface area (Å²) in [6.07, 6.45) is 4.10. The van der Waals surface area contributed by atoms with E-state index in [0.29, 0.717) is 54.0 Å². The molecule has 0 aliphatic rings. The van der Waals surface area contributed by atoms with Gasteiger partial charge in [0.2, 0.25) is 0 Å². The zero-order valence-corrected chi connectivity index (χ0v) is 49.5. The molecular weight excluding hydrogens is 1060 g/mol. The second-order valence-electron chi connectivity index (χ2n) is 21.4. The van der Waals surface area contributed by atoms with E-state index in [4.69, 9.17) is 4.74 Å². The fourth-order valence-electron chi connectivity index (χ4n) is 10.2. The third kappa shape index (κ3) is 13.4. The lowest BCUT2D eigenvalue weighted by Gasteiger charge is -2.20. The maximum absolute atomic E-state index is 13.0. The Morgan fingerprint density at radius 1 is 0.488 bits per heavy atom. The number of carbonyl (C=O) groups is 4. The summed E-state index contributed by atoms with van der Waals surface area (Å²) in [4.78, 5) is 52.8. The number of nitrogens with zero attached hydrogens (tertiary/aromatic N) is 2. The number of aromatic nitrogens is 2. The number of hydrogen-bond donors (Lipinski definition) is 3. The first-order chi connectivity index (χ1) is 39.4. The molecule has 10 aromatic rings. The summed E-state index contributed by atoms with van der Waals surface area (Å²) in [5.41, 5.74) is 16.2. The molecule has 10 nitrogen and oxygen atoms in total. The van der Waals surface area contributed by atoms with Gasteiger partial charge in [-0.05, 0) is 189 Å². The topological polar surface area (TPSA) is 132 Å². The van der Waals surface area contributed by atoms with Crippen LogP contribution in [0.3, 0.4) is 0 Å². The highest BCUT2D eigenvalue weighted by atomic mass is 32.2. The number of thioether (sulfide) groups is 2. The average Bonchev–Trinajstić information content (AvgIpc) is 4.13. The van der Waals surface area contributed by atoms with Crippen LogP contribution in [0.15, 0.2) is 192 Å². The summed E-state index contributed by atoms with van der Waals surface area (Å²) in [7, 11) is 0. The van der Waals surface area contributed by atoms with E-state index >= 15 is 0 Å². The number of rotatable bonds is 16. The van der Waals surface area contributed by atoms with Gasteiger partial charge in [0, 0.05) is 80.3 Å². The number of hydrogen-bond acceptors (Lipinski definition) is 7. The number of aromatic carboxylic acids is 1. The van der Waals surface area contributed by atoms with E-state index in [0.717, 1.165) is 72.0 Å². The molecule has 0 saturated heterocycles. The van der Waals surface area contributed by atoms with E-state index < -0.39 is 11.6 Å². The van der Waals surface area contributed by atoms with Gasteiger partial charge < -0.3 is 29.6 Å². The number of esters is 1. The van der Waals surface area contributed by atoms with E-state index in [1.54, 1.807) is 35.7 Å². The van der Waals surface area contributed by atoms with Gasteiger partial charge in [-0.15, -0.1) is 23.5 Å². The molecule has 82 heavy (non-hydrogen) atoms. The fraction of sp³-hybridized carbons (Fsp3) is 0.200. The molecule has 10 rings (SSSR count). The van der Waals surface area contributed by atoms with E-state index in [2.05, 4.69) is 114 Å². The highest BCUT2D eigenvalue weighted by molar-refractivity contribution is 7.98. The molecule has 3 N–H and O–H groups in total. The number of ether oxygens (including phenoxy) is 1. The number of carboxylic acid groups (broad SMARTS) is 1. The Labute approximate surface area is 489 Å². The fourth-order valence-corrected chi connectivity index (χ4v) is 11.0. The lowest BCUT2D eigenvalue weighted by Crippen LogP contribution is -2.24. The highest BCUT2D eigenvalue weighted by Gasteiger charge is 2.22. The molecule has 0 radical (unpaired) electrons. The van der Waals surface area contributed by atoms with Crippen molar-refractivity contribution in [1.29, 1.82) is 0 Å². The van der Waals surface area contributed by atoms with Crippen molar-refractivity contribution in [3.05, 3.63) is 249 Å². The Morgan fingerprint density at radius 3 is 1.26 bits per heavy atom. The van der Waals surface area contributed by atoms with Gasteiger partial charge in [0.1, 0.15) is 5.60 Å². The molecule has 0 saturated carbocycles. The standard InChI is InChI=1S/C37H38N2O3S.C33H30N2O3S/c1-24-25(2)39(34-20-17-29(21-33(24)34)35(40)38-22-26-13-18-30(43-6)19-14-26)23-27-11-15-28(16-12-27)31-9-7-8-10-32(31)36(41)42-37(3,4)5;1-21-22(2)35(20-24-8-12-25(13-9-24)28-6-4-5-7-29(28)33(37)38)31-17-14-26(18-30(21)31)32(36)34-19-23-10-15-27(39-3)16-11-23/h7-21H,22-23H2,1-6H3,(H,38,40);4-18H,19-20H2,1-3H3,(H,34,36)(H,37,38). The molecule has 0 aliphatic carbocycles. The Balaban J connectivity index is 0.000000198. The minimum Gasteiger partial charge on any atom is -0.478 e. The van der Waals surface area contributed by atoms with Gasteiger partial charge in [-0.3, -0.25) is 9.59 Å². The monoisotopic (exact) mass is 1120 g/mol. The zero-order valence-electron chi connectivity index (χ0n) is 47.8. The number of carboxylic acids is 1. The molecule has 0 unspecified atom stereocenters. The van der Waals surface area contributed by atoms with Crippen LogP contribution in [-0.2, 0) is 30.9 Å². The van der Waals surface area contributed by atoms with E-state index in [9.17, 15) is 24.3 Å². The predicted molar refractivity (Wildman–Crippen MR) is 336 cm³/mol. The van der Waals surface area contributed by atoms with Crippen LogP contribution >= 0.6 is 23.5 Å². The van der Waals surface area contributed by atoms with Crippen LogP contribution in [-0.4, -0.2) is 56.1 Å². The van der Waals surface area contributed by atoms with Gasteiger partial charge in [0.15, 0.2) is 0 Å². The van der Waals surface area contributed by atoms with Crippen LogP contribution in [0.2, 0.25) is 0 Å². The van der Waals surface area contributed by atoms with Crippen LogP contribution in [0.5, 0.6) is 0 Å². The predicted octanol–water partition coefficient (Wildman–Crippen LogP) is 15.9. The third-order valence-electron chi connectivity index (χ3n) is 14.9. The van der Waals surface area contributed by atoms with Crippen molar-refractivity contribution in [3.8, 4) is 22.3 Å². The minimum atomic E-state index is -0.933. The van der Waals surface area contributed by atoms with E-state index in [-0.39, 0.29) is 17.8 Å². The molecular formula is C70H68N4O6S2. The Kier molecular flexibility index (Phi) is 18.0. The van der Waals surface area contributed by atoms with Crippen LogP contribution in [0.25, 0.3) is 44.1 Å². The molecule has 8 aromatic carbocycles. The Morgan fingerprint density at radius 2 is 0.866 bits per heavy atom. The largest absolute Gasteiger partial charge is 0.478 e. The van der Waals surface area contributed by atoms with Crippen LogP contribution in [0, 0.1) is 27.7 Å². The molecule has 0 atom stereocenters. The number of benzene rings is 8. The molecule has 0 aliphatic heterocycles. The normalized spacial score (nSPS) is 11.3. The molecule has 0 bridgehead atoms. The molecule has 0 fully saturated rings. The van der Waals surface area contributed by atoms with Crippen molar-refractivity contribution in [2.75, 3.05) is 12.5 Å². The maximum atomic E-state index is 13.0. The van der Waals surface area contributed by atoms with Crippen molar-refractivity contribution in [1.82, 2.24) is 19.8 Å². The zero-order chi connectivity index (χ0) is 58.2. The second kappa shape index (κ2) is 25.5. The van der Waals surface area contributed by atoms with Gasteiger partial charge in [0.25, 0.3) is 11.8 Å². The molecule has 12 heteroatoms. The first-order valence-corrected chi connectivity index (χ1v) is 29.7. The van der Waals surface area contributed by atoms with Crippen LogP contribution < -0.4 is 10.6 Å². The van der Waals surface area contributed by atoms with E-state index in [1.165, 1.54) is 21.0 Å². The SMILES string of the molecule is CSc1ccc(CNC(=O)c2ccc3c(c2)c(C)c(C)n3Cc2ccc(-c3ccccc3C(=O)O)cc2)cc1.CSc1ccc(CNC(=O)c2ccc3c(c2)c(C)c(C)n3Cc2ccc(-c3ccccc3C(=O)OC(C)(C)C)cc2)cc1. The summed E-state index contributed by atoms with van der Waals surface area (Å²) in [5, 5.41) is 17.8. The van der Waals surface area contributed by atoms with Crippen molar-refractivity contribution in [3.63, 3.8) is 0 Å². The minimum absolute atomic E-state index is 0.0807. The first-order valence-electron chi connectivity index (χ1n) is 27.2. The Hall–Kier alpha value is -8.58. The van der Waals surface area contributed by atoms with Crippen molar-refractivity contribution in [2.45, 2.75) is 90.0 Å². The van der Waals surface area contributed by atoms with Gasteiger partial charge in [-0.1, -0.05) is 109 Å². The third-order valence-corrected chi connectivity index (χ3v) is 16.4. The van der Waals surface area contributed by atoms with Crippen molar-refractivity contribution < 1.29 is 29.0 Å². The summed E-state index contributed by atoms with van der Waals surface area (Å²) in [6, 6.07) is 59.3. The van der Waals surface area contributed by atoms with Gasteiger partial charge in [-0.2, -0.15) is 0 Å². The number of nitrogens with one attached hydrogen (secondary N) is 2. The number of fused-ring (bicyclic) bond motifs is 2. The molecule has 2 amide bonds. The number of carbonyl (C=O) groups excluding carboxylic acids is 3. The lowest BCUT2D eigenvalue weighted by atomic mass is 9.98. The van der Waals surface area contributed by atoms with E-state index in [1.807, 2.05) is 136 Å². The van der Waals surface area contributed by atoms with Crippen molar-refractivity contribution >= 4 is 69.1 Å². The summed E-state index contributed by atoms with van der Waals surface area (Å²) < 4.78 is 10.2. The van der Waals surface area contributed by atoms with Gasteiger partial charge in [0.05, 0.1) is 11.1 Å². The smallest absolute Gasteiger partial charge is 0.339 e. The van der Waals surface area contributed by atoms with Crippen molar-refractivity contribution in [2.24, 2.45) is 0 Å². The molecule has 2 aromatic heterocycles. The molecule has 0 spiro atoms. The first kappa shape index (κ1) is 58.1. The summed E-state index contributed by atoms with van der Waals surface area (Å²) >= 11 is 3.40. The van der Waals surface area contributed by atoms with Crippen LogP contribution in [0.1, 0.15) is 107 Å². The van der Waals surface area contributed by atoms with Gasteiger partial charge in [-0.25, -0.2) is 9.59 Å². The average molecular weight is 1130 g/mol. The lowest BCUT2D eigenvalue weighted by molar-refractivity contribution is 0.00699. The Bertz CT molecular complexity index is 3970. The maximum Gasteiger partial charge on any atom is 0.339 e. The number of amides is 2. The molecule has 416 valence electrons. The highest BCUT2D eigenvalue weighted by Crippen LogP contribution is 2.32. The summed E-state index contributed by atoms with van der Waals surface area (Å²) in [5.74, 6) is -1.43.